The van der Waals surface area contributed by atoms with Crippen LogP contribution in [0, 0.1) is 11.3 Å². The molecular formula is C23H24N4O2S3. The normalized spacial score (nSPS) is 15.7. The molecule has 0 bridgehead atoms. The number of rotatable bonds is 7. The Morgan fingerprint density at radius 1 is 1.34 bits per heavy atom. The molecule has 0 atom stereocenters. The van der Waals surface area contributed by atoms with Crippen molar-refractivity contribution in [2.75, 3.05) is 5.75 Å². The number of allylic oxidation sites excluding steroid dienone is 1. The van der Waals surface area contributed by atoms with Crippen LogP contribution in [-0.2, 0) is 11.3 Å². The Kier molecular flexibility index (Phi) is 7.13. The van der Waals surface area contributed by atoms with Crippen LogP contribution >= 0.6 is 34.4 Å². The maximum atomic E-state index is 13.3. The highest BCUT2D eigenvalue weighted by Crippen LogP contribution is 2.34. The number of carbonyl (C=O) groups is 1. The van der Waals surface area contributed by atoms with E-state index in [-0.39, 0.29) is 17.2 Å². The minimum Gasteiger partial charge on any atom is -0.337 e. The third-order valence-corrected chi connectivity index (χ3v) is 8.39. The Hall–Kier alpha value is -2.41. The van der Waals surface area contributed by atoms with Crippen molar-refractivity contribution in [1.82, 2.24) is 14.9 Å². The van der Waals surface area contributed by atoms with Crippen molar-refractivity contribution in [3.8, 4) is 16.5 Å². The third kappa shape index (κ3) is 4.68. The van der Waals surface area contributed by atoms with Crippen LogP contribution in [0.2, 0.25) is 0 Å². The second kappa shape index (κ2) is 10.0. The van der Waals surface area contributed by atoms with Crippen LogP contribution in [0.25, 0.3) is 20.7 Å². The van der Waals surface area contributed by atoms with Gasteiger partial charge in [0.15, 0.2) is 5.16 Å². The molecule has 1 amide bonds. The number of thioether (sulfide) groups is 1. The summed E-state index contributed by atoms with van der Waals surface area (Å²) in [7, 11) is 0. The van der Waals surface area contributed by atoms with Gasteiger partial charge in [-0.05, 0) is 24.3 Å². The molecule has 0 unspecified atom stereocenters. The van der Waals surface area contributed by atoms with Crippen molar-refractivity contribution in [2.45, 2.75) is 55.8 Å². The van der Waals surface area contributed by atoms with Gasteiger partial charge in [0.05, 0.1) is 17.2 Å². The van der Waals surface area contributed by atoms with Gasteiger partial charge in [-0.25, -0.2) is 4.98 Å². The summed E-state index contributed by atoms with van der Waals surface area (Å²) >= 11 is 4.25. The van der Waals surface area contributed by atoms with E-state index < -0.39 is 5.54 Å². The zero-order valence-electron chi connectivity index (χ0n) is 17.6. The van der Waals surface area contributed by atoms with E-state index in [1.165, 1.54) is 23.1 Å². The maximum Gasteiger partial charge on any atom is 0.263 e. The van der Waals surface area contributed by atoms with Crippen molar-refractivity contribution in [3.05, 3.63) is 45.9 Å². The number of aromatic nitrogens is 2. The van der Waals surface area contributed by atoms with Crippen LogP contribution in [0.5, 0.6) is 0 Å². The second-order valence-corrected chi connectivity index (χ2v) is 10.6. The largest absolute Gasteiger partial charge is 0.337 e. The molecule has 32 heavy (non-hydrogen) atoms. The number of fused-ring (bicyclic) bond motifs is 1. The van der Waals surface area contributed by atoms with Gasteiger partial charge >= 0.3 is 0 Å². The van der Waals surface area contributed by atoms with Crippen molar-refractivity contribution in [3.63, 3.8) is 0 Å². The molecular weight excluding hydrogens is 460 g/mol. The van der Waals surface area contributed by atoms with Gasteiger partial charge in [-0.15, -0.1) is 29.3 Å². The summed E-state index contributed by atoms with van der Waals surface area (Å²) in [5, 5.41) is 17.7. The minimum absolute atomic E-state index is 0.0989. The van der Waals surface area contributed by atoms with Crippen molar-refractivity contribution >= 4 is 50.6 Å². The summed E-state index contributed by atoms with van der Waals surface area (Å²) in [6, 6.07) is 6.30. The molecule has 0 saturated heterocycles. The number of thiophene rings is 2. The molecule has 1 aliphatic rings. The van der Waals surface area contributed by atoms with Crippen molar-refractivity contribution in [1.29, 1.82) is 5.26 Å². The minimum atomic E-state index is -0.782. The molecule has 1 aliphatic carbocycles. The van der Waals surface area contributed by atoms with E-state index >= 15 is 0 Å². The third-order valence-electron chi connectivity index (χ3n) is 5.64. The zero-order chi connectivity index (χ0) is 22.6. The van der Waals surface area contributed by atoms with Gasteiger partial charge in [0.2, 0.25) is 5.91 Å². The first-order chi connectivity index (χ1) is 15.6. The number of nitrogens with one attached hydrogen (secondary N) is 1. The molecule has 0 spiro atoms. The van der Waals surface area contributed by atoms with E-state index in [0.29, 0.717) is 34.8 Å². The van der Waals surface area contributed by atoms with E-state index in [0.717, 1.165) is 36.1 Å². The fourth-order valence-electron chi connectivity index (χ4n) is 4.05. The predicted molar refractivity (Wildman–Crippen MR) is 132 cm³/mol. The molecule has 0 aliphatic heterocycles. The fourth-order valence-corrected chi connectivity index (χ4v) is 6.66. The van der Waals surface area contributed by atoms with Gasteiger partial charge in [0.25, 0.3) is 5.56 Å². The van der Waals surface area contributed by atoms with Gasteiger partial charge in [-0.1, -0.05) is 49.6 Å². The summed E-state index contributed by atoms with van der Waals surface area (Å²) in [5.74, 6) is -0.106. The van der Waals surface area contributed by atoms with Gasteiger partial charge < -0.3 is 5.32 Å². The zero-order valence-corrected chi connectivity index (χ0v) is 20.1. The van der Waals surface area contributed by atoms with Crippen molar-refractivity contribution in [2.24, 2.45) is 0 Å². The van der Waals surface area contributed by atoms with Gasteiger partial charge in [0.1, 0.15) is 10.4 Å². The SMILES string of the molecule is C=CCn1c(SCC(=O)NC2(C#N)CCCCCC2)nc2scc(-c3cccs3)c2c1=O. The Bertz CT molecular complexity index is 1210. The van der Waals surface area contributed by atoms with Crippen LogP contribution in [0.4, 0.5) is 0 Å². The molecule has 9 heteroatoms. The quantitative estimate of drug-likeness (QED) is 0.216. The summed E-state index contributed by atoms with van der Waals surface area (Å²) in [6.07, 6.45) is 7.12. The average Bonchev–Trinajstić information content (AvgIpc) is 3.41. The second-order valence-electron chi connectivity index (χ2n) is 7.85. The molecule has 1 fully saturated rings. The molecule has 0 radical (unpaired) electrons. The first-order valence-corrected chi connectivity index (χ1v) is 13.3. The van der Waals surface area contributed by atoms with E-state index in [2.05, 4.69) is 18.0 Å². The molecule has 0 aromatic carbocycles. The molecule has 6 nitrogen and oxygen atoms in total. The lowest BCUT2D eigenvalue weighted by Crippen LogP contribution is -2.47. The van der Waals surface area contributed by atoms with E-state index in [1.807, 2.05) is 22.9 Å². The number of hydrogen-bond donors (Lipinski definition) is 1. The van der Waals surface area contributed by atoms with Crippen LogP contribution in [0.3, 0.4) is 0 Å². The first kappa shape index (κ1) is 22.8. The van der Waals surface area contributed by atoms with Crippen LogP contribution < -0.4 is 10.9 Å². The lowest BCUT2D eigenvalue weighted by molar-refractivity contribution is -0.120. The number of nitriles is 1. The molecule has 3 aromatic heterocycles. The van der Waals surface area contributed by atoms with Gasteiger partial charge in [0, 0.05) is 22.4 Å². The Labute approximate surface area is 199 Å². The fraction of sp³-hybridized carbons (Fsp3) is 0.391. The highest BCUT2D eigenvalue weighted by atomic mass is 32.2. The monoisotopic (exact) mass is 484 g/mol. The Morgan fingerprint density at radius 3 is 2.78 bits per heavy atom. The first-order valence-electron chi connectivity index (χ1n) is 10.6. The Balaban J connectivity index is 1.58. The van der Waals surface area contributed by atoms with Crippen LogP contribution in [-0.4, -0.2) is 26.8 Å². The summed E-state index contributed by atoms with van der Waals surface area (Å²) < 4.78 is 1.57. The highest BCUT2D eigenvalue weighted by molar-refractivity contribution is 7.99. The molecule has 4 rings (SSSR count). The topological polar surface area (TPSA) is 87.8 Å². The van der Waals surface area contributed by atoms with E-state index in [1.54, 1.807) is 22.0 Å². The Morgan fingerprint density at radius 2 is 2.12 bits per heavy atom. The van der Waals surface area contributed by atoms with Crippen LogP contribution in [0.1, 0.15) is 38.5 Å². The predicted octanol–water partition coefficient (Wildman–Crippen LogP) is 5.20. The summed E-state index contributed by atoms with van der Waals surface area (Å²) in [5.41, 5.74) is -0.0102. The molecule has 3 heterocycles. The van der Waals surface area contributed by atoms with E-state index in [9.17, 15) is 14.9 Å². The molecule has 1 saturated carbocycles. The van der Waals surface area contributed by atoms with Crippen molar-refractivity contribution < 1.29 is 4.79 Å². The molecule has 1 N–H and O–H groups in total. The lowest BCUT2D eigenvalue weighted by atomic mass is 9.92. The smallest absolute Gasteiger partial charge is 0.263 e. The van der Waals surface area contributed by atoms with Crippen LogP contribution in [0.15, 0.2) is 45.5 Å². The lowest BCUT2D eigenvalue weighted by Gasteiger charge is -2.26. The van der Waals surface area contributed by atoms with E-state index in [4.69, 9.17) is 4.98 Å². The number of carbonyl (C=O) groups excluding carboxylic acids is 1. The van der Waals surface area contributed by atoms with Gasteiger partial charge in [-0.3, -0.25) is 14.2 Å². The maximum absolute atomic E-state index is 13.3. The average molecular weight is 485 g/mol. The summed E-state index contributed by atoms with van der Waals surface area (Å²) in [4.78, 5) is 32.5. The standard InChI is InChI=1S/C23H24N4O2S3/c1-2-11-27-21(29)19-16(17-8-7-12-30-17)13-31-20(19)25-22(27)32-14-18(28)26-23(15-24)9-5-3-4-6-10-23/h2,7-8,12-13H,1,3-6,9-11,14H2,(H,26,28). The molecule has 3 aromatic rings. The number of nitrogens with zero attached hydrogens (tertiary/aromatic N) is 3. The van der Waals surface area contributed by atoms with Gasteiger partial charge in [-0.2, -0.15) is 5.26 Å². The highest BCUT2D eigenvalue weighted by Gasteiger charge is 2.32. The molecule has 166 valence electrons. The number of hydrogen-bond acceptors (Lipinski definition) is 7. The number of amides is 1. The summed E-state index contributed by atoms with van der Waals surface area (Å²) in [6.45, 7) is 4.09.